The molecule has 0 aliphatic carbocycles. The van der Waals surface area contributed by atoms with Crippen LogP contribution in [0.15, 0.2) is 18.2 Å². The number of terminal acetylenes is 1. The topological polar surface area (TPSA) is 12.0 Å². The molecular formula is C14H18FN. The van der Waals surface area contributed by atoms with Gasteiger partial charge in [-0.05, 0) is 43.1 Å². The molecule has 0 saturated heterocycles. The molecule has 0 heterocycles. The number of rotatable bonds is 5. The number of hydrogen-bond acceptors (Lipinski definition) is 1. The van der Waals surface area contributed by atoms with E-state index in [2.05, 4.69) is 11.2 Å². The Labute approximate surface area is 97.1 Å². The Morgan fingerprint density at radius 2 is 2.25 bits per heavy atom. The average molecular weight is 219 g/mol. The van der Waals surface area contributed by atoms with E-state index in [-0.39, 0.29) is 11.9 Å². The SMILES string of the molecule is C#CCCC(NCC)c1cc(F)ccc1C. The molecule has 0 radical (unpaired) electrons. The summed E-state index contributed by atoms with van der Waals surface area (Å²) < 4.78 is 13.2. The molecule has 0 aliphatic rings. The highest BCUT2D eigenvalue weighted by atomic mass is 19.1. The maximum atomic E-state index is 13.2. The molecule has 0 aliphatic heterocycles. The molecule has 0 aromatic heterocycles. The van der Waals surface area contributed by atoms with Crippen molar-refractivity contribution in [3.8, 4) is 12.3 Å². The molecule has 1 nitrogen and oxygen atoms in total. The summed E-state index contributed by atoms with van der Waals surface area (Å²) in [7, 11) is 0. The van der Waals surface area contributed by atoms with Gasteiger partial charge in [0.2, 0.25) is 0 Å². The number of halogens is 1. The highest BCUT2D eigenvalue weighted by Gasteiger charge is 2.12. The summed E-state index contributed by atoms with van der Waals surface area (Å²) in [5.74, 6) is 2.44. The molecule has 86 valence electrons. The quantitative estimate of drug-likeness (QED) is 0.750. The number of benzene rings is 1. The van der Waals surface area contributed by atoms with Crippen LogP contribution in [0.4, 0.5) is 4.39 Å². The summed E-state index contributed by atoms with van der Waals surface area (Å²) in [5, 5.41) is 3.34. The van der Waals surface area contributed by atoms with Gasteiger partial charge in [-0.3, -0.25) is 0 Å². The zero-order chi connectivity index (χ0) is 12.0. The largest absolute Gasteiger partial charge is 0.310 e. The van der Waals surface area contributed by atoms with Gasteiger partial charge in [0.15, 0.2) is 0 Å². The minimum absolute atomic E-state index is 0.150. The lowest BCUT2D eigenvalue weighted by Crippen LogP contribution is -2.21. The highest BCUT2D eigenvalue weighted by Crippen LogP contribution is 2.22. The fourth-order valence-electron chi connectivity index (χ4n) is 1.83. The minimum atomic E-state index is -0.191. The normalized spacial score (nSPS) is 12.1. The molecule has 0 amide bonds. The maximum Gasteiger partial charge on any atom is 0.123 e. The van der Waals surface area contributed by atoms with E-state index in [4.69, 9.17) is 6.42 Å². The number of aryl methyl sites for hydroxylation is 1. The van der Waals surface area contributed by atoms with Crippen LogP contribution < -0.4 is 5.32 Å². The number of nitrogens with one attached hydrogen (secondary N) is 1. The standard InChI is InChI=1S/C14H18FN/c1-4-6-7-14(16-5-2)13-10-12(15)9-8-11(13)3/h1,8-10,14,16H,5-7H2,2-3H3. The lowest BCUT2D eigenvalue weighted by atomic mass is 9.97. The first-order valence-electron chi connectivity index (χ1n) is 5.62. The van der Waals surface area contributed by atoms with Gasteiger partial charge in [0.1, 0.15) is 5.82 Å². The van der Waals surface area contributed by atoms with Gasteiger partial charge in [0, 0.05) is 12.5 Å². The first kappa shape index (κ1) is 12.7. The van der Waals surface area contributed by atoms with Crippen molar-refractivity contribution in [3.63, 3.8) is 0 Å². The predicted octanol–water partition coefficient (Wildman–Crippen LogP) is 3.20. The van der Waals surface area contributed by atoms with Crippen molar-refractivity contribution >= 4 is 0 Å². The van der Waals surface area contributed by atoms with E-state index in [0.29, 0.717) is 6.42 Å². The average Bonchev–Trinajstić information content (AvgIpc) is 2.28. The zero-order valence-corrected chi connectivity index (χ0v) is 9.89. The minimum Gasteiger partial charge on any atom is -0.310 e. The van der Waals surface area contributed by atoms with E-state index < -0.39 is 0 Å². The van der Waals surface area contributed by atoms with Gasteiger partial charge in [-0.1, -0.05) is 13.0 Å². The lowest BCUT2D eigenvalue weighted by Gasteiger charge is -2.19. The molecule has 16 heavy (non-hydrogen) atoms. The van der Waals surface area contributed by atoms with Crippen molar-refractivity contribution in [2.45, 2.75) is 32.7 Å². The summed E-state index contributed by atoms with van der Waals surface area (Å²) >= 11 is 0. The highest BCUT2D eigenvalue weighted by molar-refractivity contribution is 5.29. The van der Waals surface area contributed by atoms with Crippen molar-refractivity contribution in [1.82, 2.24) is 5.32 Å². The third kappa shape index (κ3) is 3.36. The molecule has 0 bridgehead atoms. The molecule has 1 aromatic rings. The van der Waals surface area contributed by atoms with Crippen molar-refractivity contribution in [3.05, 3.63) is 35.1 Å². The Balaban J connectivity index is 2.91. The second kappa shape index (κ2) is 6.30. The van der Waals surface area contributed by atoms with Crippen LogP contribution in [-0.4, -0.2) is 6.54 Å². The summed E-state index contributed by atoms with van der Waals surface area (Å²) in [6, 6.07) is 5.05. The van der Waals surface area contributed by atoms with Crippen LogP contribution in [0.2, 0.25) is 0 Å². The molecular weight excluding hydrogens is 201 g/mol. The summed E-state index contributed by atoms with van der Waals surface area (Å²) in [5.41, 5.74) is 2.11. The van der Waals surface area contributed by atoms with Crippen molar-refractivity contribution in [2.75, 3.05) is 6.54 Å². The van der Waals surface area contributed by atoms with Gasteiger partial charge in [-0.15, -0.1) is 12.3 Å². The molecule has 1 N–H and O–H groups in total. The van der Waals surface area contributed by atoms with E-state index in [1.807, 2.05) is 19.9 Å². The molecule has 0 spiro atoms. The van der Waals surface area contributed by atoms with Gasteiger partial charge < -0.3 is 5.32 Å². The van der Waals surface area contributed by atoms with Crippen molar-refractivity contribution in [2.24, 2.45) is 0 Å². The van der Waals surface area contributed by atoms with Crippen molar-refractivity contribution in [1.29, 1.82) is 0 Å². The van der Waals surface area contributed by atoms with Crippen LogP contribution in [0.3, 0.4) is 0 Å². The van der Waals surface area contributed by atoms with E-state index >= 15 is 0 Å². The van der Waals surface area contributed by atoms with Gasteiger partial charge >= 0.3 is 0 Å². The fourth-order valence-corrected chi connectivity index (χ4v) is 1.83. The summed E-state index contributed by atoms with van der Waals surface area (Å²) in [6.45, 7) is 4.89. The van der Waals surface area contributed by atoms with Crippen LogP contribution in [-0.2, 0) is 0 Å². The number of hydrogen-bond donors (Lipinski definition) is 1. The molecule has 1 aromatic carbocycles. The molecule has 0 fully saturated rings. The Morgan fingerprint density at radius 3 is 2.88 bits per heavy atom. The van der Waals surface area contributed by atoms with Crippen molar-refractivity contribution < 1.29 is 4.39 Å². The van der Waals surface area contributed by atoms with E-state index in [9.17, 15) is 4.39 Å². The Morgan fingerprint density at radius 1 is 1.50 bits per heavy atom. The monoisotopic (exact) mass is 219 g/mol. The van der Waals surface area contributed by atoms with Gasteiger partial charge in [0.25, 0.3) is 0 Å². The Kier molecular flexibility index (Phi) is 5.01. The van der Waals surface area contributed by atoms with Gasteiger partial charge in [-0.25, -0.2) is 4.39 Å². The second-order valence-corrected chi connectivity index (χ2v) is 3.85. The third-order valence-corrected chi connectivity index (χ3v) is 2.64. The van der Waals surface area contributed by atoms with E-state index in [1.165, 1.54) is 6.07 Å². The Bertz CT molecular complexity index is 379. The first-order valence-corrected chi connectivity index (χ1v) is 5.62. The molecule has 0 saturated carbocycles. The van der Waals surface area contributed by atoms with E-state index in [1.54, 1.807) is 6.07 Å². The first-order chi connectivity index (χ1) is 7.69. The van der Waals surface area contributed by atoms with Crippen LogP contribution in [0.25, 0.3) is 0 Å². The third-order valence-electron chi connectivity index (χ3n) is 2.64. The molecule has 1 atom stereocenters. The summed E-state index contributed by atoms with van der Waals surface area (Å²) in [4.78, 5) is 0. The summed E-state index contributed by atoms with van der Waals surface area (Å²) in [6.07, 6.45) is 6.81. The molecule has 2 heteroatoms. The van der Waals surface area contributed by atoms with E-state index in [0.717, 1.165) is 24.1 Å². The predicted molar refractivity (Wildman–Crippen MR) is 65.6 cm³/mol. The van der Waals surface area contributed by atoms with Crippen LogP contribution in [0.1, 0.15) is 36.9 Å². The lowest BCUT2D eigenvalue weighted by molar-refractivity contribution is 0.515. The molecule has 1 unspecified atom stereocenters. The zero-order valence-electron chi connectivity index (χ0n) is 9.89. The van der Waals surface area contributed by atoms with Gasteiger partial charge in [0.05, 0.1) is 0 Å². The van der Waals surface area contributed by atoms with Gasteiger partial charge in [-0.2, -0.15) is 0 Å². The van der Waals surface area contributed by atoms with Crippen LogP contribution in [0, 0.1) is 25.1 Å². The van der Waals surface area contributed by atoms with Crippen LogP contribution >= 0.6 is 0 Å². The second-order valence-electron chi connectivity index (χ2n) is 3.85. The Hall–Kier alpha value is -1.33. The maximum absolute atomic E-state index is 13.2. The molecule has 1 rings (SSSR count). The fraction of sp³-hybridized carbons (Fsp3) is 0.429. The smallest absolute Gasteiger partial charge is 0.123 e. The van der Waals surface area contributed by atoms with Crippen LogP contribution in [0.5, 0.6) is 0 Å².